The number of hydrogen-bond donors (Lipinski definition) is 1. The highest BCUT2D eigenvalue weighted by Gasteiger charge is 2.32. The van der Waals surface area contributed by atoms with Gasteiger partial charge in [0, 0.05) is 31.6 Å². The number of hydrogen-bond acceptors (Lipinski definition) is 4. The molecule has 150 valence electrons. The zero-order valence-electron chi connectivity index (χ0n) is 15.6. The molecule has 0 aromatic carbocycles. The molecule has 0 radical (unpaired) electrons. The molecule has 1 aliphatic heterocycles. The Bertz CT molecular complexity index is 649. The van der Waals surface area contributed by atoms with E-state index in [-0.39, 0.29) is 6.10 Å². The predicted molar refractivity (Wildman–Crippen MR) is 97.3 cm³/mol. The van der Waals surface area contributed by atoms with E-state index in [0.717, 1.165) is 12.0 Å². The van der Waals surface area contributed by atoms with E-state index >= 15 is 0 Å². The number of nitrogens with zero attached hydrogens (tertiary/aromatic N) is 2. The molecular weight excluding hydrogens is 359 g/mol. The van der Waals surface area contributed by atoms with Crippen molar-refractivity contribution in [2.24, 2.45) is 0 Å². The van der Waals surface area contributed by atoms with Crippen molar-refractivity contribution in [2.45, 2.75) is 50.9 Å². The van der Waals surface area contributed by atoms with E-state index in [1.165, 1.54) is 4.90 Å². The third kappa shape index (κ3) is 7.58. The highest BCUT2D eigenvalue weighted by Crippen LogP contribution is 2.24. The number of aromatic nitrogens is 1. The van der Waals surface area contributed by atoms with Crippen LogP contribution in [-0.2, 0) is 4.79 Å². The van der Waals surface area contributed by atoms with Crippen molar-refractivity contribution < 1.29 is 22.7 Å². The minimum atomic E-state index is -4.31. The Kier molecular flexibility index (Phi) is 7.65. The number of alkyl halides is 3. The summed E-state index contributed by atoms with van der Waals surface area (Å²) in [6, 6.07) is 2.25. The molecule has 0 bridgehead atoms. The first-order chi connectivity index (χ1) is 12.8. The van der Waals surface area contributed by atoms with E-state index in [0.29, 0.717) is 31.3 Å². The fourth-order valence-corrected chi connectivity index (χ4v) is 2.77. The van der Waals surface area contributed by atoms with Gasteiger partial charge in [0.1, 0.15) is 11.9 Å². The van der Waals surface area contributed by atoms with Gasteiger partial charge in [0.15, 0.2) is 0 Å². The summed E-state index contributed by atoms with van der Waals surface area (Å²) in [7, 11) is 1.91. The summed E-state index contributed by atoms with van der Waals surface area (Å²) in [6.07, 6.45) is 2.70. The lowest BCUT2D eigenvalue weighted by Crippen LogP contribution is -2.31. The van der Waals surface area contributed by atoms with Crippen LogP contribution in [0.1, 0.15) is 38.2 Å². The Morgan fingerprint density at radius 3 is 2.96 bits per heavy atom. The first-order valence-electron chi connectivity index (χ1n) is 9.07. The lowest BCUT2D eigenvalue weighted by molar-refractivity contribution is -0.148. The first-order valence-corrected chi connectivity index (χ1v) is 9.07. The number of nitrogens with one attached hydrogen (secondary N) is 1. The normalized spacial score (nSPS) is 18.9. The summed E-state index contributed by atoms with van der Waals surface area (Å²) in [5.41, 5.74) is 0.909. The average Bonchev–Trinajstić information content (AvgIpc) is 3.07. The number of rotatable bonds is 8. The van der Waals surface area contributed by atoms with Crippen LogP contribution in [0.15, 0.2) is 24.5 Å². The monoisotopic (exact) mass is 385 g/mol. The molecule has 1 fully saturated rings. The van der Waals surface area contributed by atoms with Crippen molar-refractivity contribution in [3.63, 3.8) is 0 Å². The van der Waals surface area contributed by atoms with Crippen molar-refractivity contribution in [1.82, 2.24) is 15.2 Å². The van der Waals surface area contributed by atoms with Gasteiger partial charge in [-0.1, -0.05) is 12.2 Å². The van der Waals surface area contributed by atoms with Gasteiger partial charge in [0.25, 0.3) is 0 Å². The van der Waals surface area contributed by atoms with Crippen LogP contribution in [-0.4, -0.2) is 54.3 Å². The fourth-order valence-electron chi connectivity index (χ4n) is 2.77. The molecule has 5 nitrogen and oxygen atoms in total. The summed E-state index contributed by atoms with van der Waals surface area (Å²) in [5, 5.41) is 3.16. The van der Waals surface area contributed by atoms with Crippen LogP contribution in [0.3, 0.4) is 0 Å². The number of carbonyl (C=O) groups is 1. The predicted octanol–water partition coefficient (Wildman–Crippen LogP) is 3.42. The van der Waals surface area contributed by atoms with Crippen molar-refractivity contribution in [1.29, 1.82) is 0 Å². The lowest BCUT2D eigenvalue weighted by atomic mass is 10.2. The molecule has 1 amide bonds. The molecular formula is C19H26F3N3O2. The van der Waals surface area contributed by atoms with Gasteiger partial charge in [-0.05, 0) is 32.0 Å². The van der Waals surface area contributed by atoms with Gasteiger partial charge >= 0.3 is 6.18 Å². The molecule has 1 aromatic rings. The van der Waals surface area contributed by atoms with E-state index < -0.39 is 24.9 Å². The van der Waals surface area contributed by atoms with Gasteiger partial charge in [0.05, 0.1) is 19.2 Å². The van der Waals surface area contributed by atoms with Gasteiger partial charge < -0.3 is 15.0 Å². The molecule has 2 atom stereocenters. The summed E-state index contributed by atoms with van der Waals surface area (Å²) < 4.78 is 42.6. The van der Waals surface area contributed by atoms with Crippen LogP contribution in [0, 0.1) is 0 Å². The highest BCUT2D eigenvalue weighted by molar-refractivity contribution is 5.76. The summed E-state index contributed by atoms with van der Waals surface area (Å²) in [4.78, 5) is 17.5. The molecule has 2 rings (SSSR count). The van der Waals surface area contributed by atoms with E-state index in [4.69, 9.17) is 4.74 Å². The zero-order valence-corrected chi connectivity index (χ0v) is 15.6. The first kappa shape index (κ1) is 21.2. The number of carbonyl (C=O) groups excluding carboxylic acids is 1. The van der Waals surface area contributed by atoms with Crippen molar-refractivity contribution in [2.75, 3.05) is 20.1 Å². The molecule has 27 heavy (non-hydrogen) atoms. The van der Waals surface area contributed by atoms with Crippen LogP contribution in [0.5, 0.6) is 5.75 Å². The molecule has 1 aromatic heterocycles. The summed E-state index contributed by atoms with van der Waals surface area (Å²) in [5.74, 6) is 0.111. The SMILES string of the molecule is CN[C@@H](C)CC=Cc1cncc(O[C@@H]2CCN(C(=O)CCC(F)(F)F)C2)c1. The molecule has 8 heteroatoms. The van der Waals surface area contributed by atoms with Gasteiger partial charge in [-0.25, -0.2) is 0 Å². The van der Waals surface area contributed by atoms with Gasteiger partial charge in [-0.15, -0.1) is 0 Å². The van der Waals surface area contributed by atoms with Crippen molar-refractivity contribution >= 4 is 12.0 Å². The maximum Gasteiger partial charge on any atom is 0.389 e. The van der Waals surface area contributed by atoms with E-state index in [9.17, 15) is 18.0 Å². The largest absolute Gasteiger partial charge is 0.487 e. The van der Waals surface area contributed by atoms with Crippen LogP contribution in [0.2, 0.25) is 0 Å². The molecule has 2 heterocycles. The van der Waals surface area contributed by atoms with E-state index in [1.54, 1.807) is 12.4 Å². The van der Waals surface area contributed by atoms with Crippen LogP contribution in [0.25, 0.3) is 6.08 Å². The van der Waals surface area contributed by atoms with Crippen molar-refractivity contribution in [3.8, 4) is 5.75 Å². The second-order valence-electron chi connectivity index (χ2n) is 6.77. The molecule has 0 aliphatic carbocycles. The van der Waals surface area contributed by atoms with Gasteiger partial charge in [0.2, 0.25) is 5.91 Å². The Hall–Kier alpha value is -2.09. The van der Waals surface area contributed by atoms with Crippen molar-refractivity contribution in [3.05, 3.63) is 30.1 Å². The van der Waals surface area contributed by atoms with Crippen LogP contribution >= 0.6 is 0 Å². The summed E-state index contributed by atoms with van der Waals surface area (Å²) in [6.45, 7) is 2.80. The number of likely N-dealkylation sites (tertiary alicyclic amines) is 1. The molecule has 1 saturated heterocycles. The molecule has 0 spiro atoms. The molecule has 1 N–H and O–H groups in total. The third-order valence-electron chi connectivity index (χ3n) is 4.45. The zero-order chi connectivity index (χ0) is 19.9. The quantitative estimate of drug-likeness (QED) is 0.745. The Labute approximate surface area is 157 Å². The number of amides is 1. The van der Waals surface area contributed by atoms with Crippen LogP contribution in [0.4, 0.5) is 13.2 Å². The van der Waals surface area contributed by atoms with E-state index in [1.807, 2.05) is 19.2 Å². The standard InChI is InChI=1S/C19H26F3N3O2/c1-14(23-2)4-3-5-15-10-17(12-24-11-15)27-16-7-9-25(13-16)18(26)6-8-19(20,21)22/h3,5,10-12,14,16,23H,4,6-9,13H2,1-2H3/t14-,16+/m0/s1. The average molecular weight is 385 g/mol. The second-order valence-corrected chi connectivity index (χ2v) is 6.77. The number of ether oxygens (including phenoxy) is 1. The topological polar surface area (TPSA) is 54.5 Å². The minimum Gasteiger partial charge on any atom is -0.487 e. The smallest absolute Gasteiger partial charge is 0.389 e. The Morgan fingerprint density at radius 1 is 1.48 bits per heavy atom. The lowest BCUT2D eigenvalue weighted by Gasteiger charge is -2.17. The molecule has 1 aliphatic rings. The van der Waals surface area contributed by atoms with Gasteiger partial charge in [-0.2, -0.15) is 13.2 Å². The fraction of sp³-hybridized carbons (Fsp3) is 0.579. The second kappa shape index (κ2) is 9.73. The minimum absolute atomic E-state index is 0.231. The Morgan fingerprint density at radius 2 is 2.26 bits per heavy atom. The third-order valence-corrected chi connectivity index (χ3v) is 4.45. The molecule has 0 unspecified atom stereocenters. The van der Waals surface area contributed by atoms with Gasteiger partial charge in [-0.3, -0.25) is 9.78 Å². The maximum absolute atomic E-state index is 12.2. The molecule has 0 saturated carbocycles. The number of pyridine rings is 1. The van der Waals surface area contributed by atoms with Crippen LogP contribution < -0.4 is 10.1 Å². The van der Waals surface area contributed by atoms with E-state index in [2.05, 4.69) is 23.3 Å². The highest BCUT2D eigenvalue weighted by atomic mass is 19.4. The summed E-state index contributed by atoms with van der Waals surface area (Å²) >= 11 is 0. The maximum atomic E-state index is 12.2. The number of halogens is 3. The Balaban J connectivity index is 1.84.